The molecule has 1 amide bonds. The van der Waals surface area contributed by atoms with Crippen LogP contribution < -0.4 is 10.0 Å². The highest BCUT2D eigenvalue weighted by Gasteiger charge is 2.36. The Morgan fingerprint density at radius 3 is 2.02 bits per heavy atom. The molecule has 0 saturated carbocycles. The van der Waals surface area contributed by atoms with Gasteiger partial charge in [-0.3, -0.25) is 14.4 Å². The lowest BCUT2D eigenvalue weighted by atomic mass is 9.91. The second kappa shape index (κ2) is 13.2. The van der Waals surface area contributed by atoms with Crippen molar-refractivity contribution < 1.29 is 27.1 Å². The molecule has 1 saturated heterocycles. The molecule has 230 valence electrons. The van der Waals surface area contributed by atoms with Gasteiger partial charge in [-0.05, 0) is 81.3 Å². The van der Waals surface area contributed by atoms with E-state index in [-0.39, 0.29) is 29.0 Å². The van der Waals surface area contributed by atoms with E-state index in [9.17, 15) is 22.4 Å². The van der Waals surface area contributed by atoms with E-state index in [1.807, 2.05) is 48.5 Å². The third-order valence-corrected chi connectivity index (χ3v) is 8.68. The quantitative estimate of drug-likeness (QED) is 0.259. The Balaban J connectivity index is 1.40. The molecule has 1 aliphatic heterocycles. The van der Waals surface area contributed by atoms with Gasteiger partial charge in [-0.25, -0.2) is 17.6 Å². The molecule has 43 heavy (non-hydrogen) atoms. The molecule has 3 aromatic rings. The lowest BCUT2D eigenvalue weighted by molar-refractivity contribution is -0.156. The van der Waals surface area contributed by atoms with Gasteiger partial charge >= 0.3 is 5.97 Å². The zero-order chi connectivity index (χ0) is 31.5. The van der Waals surface area contributed by atoms with E-state index in [2.05, 4.69) is 14.9 Å². The smallest absolute Gasteiger partial charge is 0.328 e. The predicted molar refractivity (Wildman–Crippen MR) is 166 cm³/mol. The Kier molecular flexibility index (Phi) is 10.1. The normalized spacial score (nSPS) is 15.1. The van der Waals surface area contributed by atoms with Crippen LogP contribution in [0.3, 0.4) is 0 Å². The van der Waals surface area contributed by atoms with Gasteiger partial charge in [0.2, 0.25) is 10.0 Å². The summed E-state index contributed by atoms with van der Waals surface area (Å²) in [4.78, 5) is 27.1. The maximum absolute atomic E-state index is 14.4. The summed E-state index contributed by atoms with van der Waals surface area (Å²) in [5, 5.41) is 3.69. The topological polar surface area (TPSA) is 105 Å². The molecule has 1 heterocycles. The van der Waals surface area contributed by atoms with Crippen LogP contribution in [0.25, 0.3) is 0 Å². The highest BCUT2D eigenvalue weighted by molar-refractivity contribution is 7.92. The van der Waals surface area contributed by atoms with Crippen LogP contribution in [0.2, 0.25) is 10.0 Å². The number of benzene rings is 3. The molecule has 1 aliphatic rings. The van der Waals surface area contributed by atoms with Crippen LogP contribution in [0.4, 0.5) is 10.1 Å². The number of ether oxygens (including phenoxy) is 1. The number of carbonyl (C=O) groups excluding carboxylic acids is 2. The number of sulfonamides is 1. The minimum Gasteiger partial charge on any atom is -0.458 e. The molecule has 0 radical (unpaired) electrons. The summed E-state index contributed by atoms with van der Waals surface area (Å²) in [7, 11) is -3.88. The van der Waals surface area contributed by atoms with E-state index >= 15 is 0 Å². The number of anilines is 1. The molecule has 0 spiro atoms. The molecule has 0 aromatic heterocycles. The molecule has 0 aliphatic carbocycles. The fourth-order valence-corrected chi connectivity index (χ4v) is 6.51. The summed E-state index contributed by atoms with van der Waals surface area (Å²) in [6.07, 6.45) is 0. The maximum atomic E-state index is 14.4. The molecular weight excluding hydrogens is 616 g/mol. The van der Waals surface area contributed by atoms with Crippen molar-refractivity contribution in [1.29, 1.82) is 0 Å². The average Bonchev–Trinajstić information content (AvgIpc) is 2.87. The Morgan fingerprint density at radius 1 is 0.977 bits per heavy atom. The highest BCUT2D eigenvalue weighted by Crippen LogP contribution is 2.36. The zero-order valence-corrected chi connectivity index (χ0v) is 26.6. The van der Waals surface area contributed by atoms with Crippen LogP contribution >= 0.6 is 23.2 Å². The fraction of sp³-hybridized carbons (Fsp3) is 0.355. The number of carbonyl (C=O) groups is 2. The maximum Gasteiger partial charge on any atom is 0.328 e. The van der Waals surface area contributed by atoms with Crippen LogP contribution in [0.1, 0.15) is 55.2 Å². The van der Waals surface area contributed by atoms with E-state index in [1.165, 1.54) is 13.0 Å². The van der Waals surface area contributed by atoms with Gasteiger partial charge in [-0.1, -0.05) is 47.5 Å². The SMILES string of the molecule is C[C@H](NC(=O)c1cc(F)cc(NS(=O)(=O)CC2CN(C(c3ccc(Cl)cc3)c3ccc(Cl)cc3)C2)c1)C(=O)OC(C)(C)C. The molecular formula is C31H34Cl2FN3O5S. The van der Waals surface area contributed by atoms with Crippen molar-refractivity contribution in [2.75, 3.05) is 23.6 Å². The Hall–Kier alpha value is -3.18. The number of nitrogens with one attached hydrogen (secondary N) is 2. The zero-order valence-electron chi connectivity index (χ0n) is 24.2. The van der Waals surface area contributed by atoms with Crippen LogP contribution in [0, 0.1) is 11.7 Å². The van der Waals surface area contributed by atoms with Gasteiger partial charge in [0.1, 0.15) is 17.5 Å². The van der Waals surface area contributed by atoms with E-state index in [0.29, 0.717) is 23.1 Å². The monoisotopic (exact) mass is 649 g/mol. The van der Waals surface area contributed by atoms with Gasteiger partial charge in [0.25, 0.3) is 5.91 Å². The molecule has 0 unspecified atom stereocenters. The number of hydrogen-bond acceptors (Lipinski definition) is 6. The van der Waals surface area contributed by atoms with Crippen LogP contribution in [0.15, 0.2) is 66.7 Å². The molecule has 4 rings (SSSR count). The Morgan fingerprint density at radius 2 is 1.51 bits per heavy atom. The van der Waals surface area contributed by atoms with Crippen molar-refractivity contribution in [3.8, 4) is 0 Å². The number of nitrogens with zero attached hydrogens (tertiary/aromatic N) is 1. The van der Waals surface area contributed by atoms with Crippen LogP contribution in [-0.2, 0) is 19.6 Å². The fourth-order valence-electron chi connectivity index (χ4n) is 4.87. The summed E-state index contributed by atoms with van der Waals surface area (Å²) in [6, 6.07) is 17.1. The van der Waals surface area contributed by atoms with Crippen LogP contribution in [-0.4, -0.2) is 55.7 Å². The summed E-state index contributed by atoms with van der Waals surface area (Å²) in [5.74, 6) is -2.57. The molecule has 3 aromatic carbocycles. The number of rotatable bonds is 10. The first-order chi connectivity index (χ1) is 20.1. The summed E-state index contributed by atoms with van der Waals surface area (Å²) in [5.41, 5.74) is 1.04. The first-order valence-corrected chi connectivity index (χ1v) is 16.1. The minimum atomic E-state index is -3.88. The summed E-state index contributed by atoms with van der Waals surface area (Å²) in [6.45, 7) is 7.56. The standard InChI is InChI=1S/C31H34Cl2FN3O5S/c1-19(30(39)42-31(2,3)4)35-29(38)23-13-26(34)15-27(14-23)36-43(40,41)18-20-16-37(17-20)28(21-5-9-24(32)10-6-21)22-7-11-25(33)12-8-22/h5-15,19-20,28,36H,16-18H2,1-4H3,(H,35,38)/t19-/m0/s1. The molecule has 1 fully saturated rings. The molecule has 8 nitrogen and oxygen atoms in total. The van der Waals surface area contributed by atoms with Gasteiger partial charge in [0, 0.05) is 34.6 Å². The molecule has 12 heteroatoms. The average molecular weight is 651 g/mol. The molecule has 1 atom stereocenters. The number of likely N-dealkylation sites (tertiary alicyclic amines) is 1. The number of hydrogen-bond donors (Lipinski definition) is 2. The number of halogens is 3. The van der Waals surface area contributed by atoms with E-state index in [0.717, 1.165) is 23.3 Å². The van der Waals surface area contributed by atoms with Gasteiger partial charge in [-0.15, -0.1) is 0 Å². The van der Waals surface area contributed by atoms with Gasteiger partial charge < -0.3 is 10.1 Å². The van der Waals surface area contributed by atoms with Crippen molar-refractivity contribution >= 4 is 50.8 Å². The van der Waals surface area contributed by atoms with Gasteiger partial charge in [0.15, 0.2) is 0 Å². The first-order valence-electron chi connectivity index (χ1n) is 13.7. The lowest BCUT2D eigenvalue weighted by Crippen LogP contribution is -2.51. The molecule has 2 N–H and O–H groups in total. The predicted octanol–water partition coefficient (Wildman–Crippen LogP) is 6.06. The lowest BCUT2D eigenvalue weighted by Gasteiger charge is -2.44. The van der Waals surface area contributed by atoms with Crippen molar-refractivity contribution in [2.45, 2.75) is 45.4 Å². The second-order valence-corrected chi connectivity index (χ2v) is 14.3. The molecule has 0 bridgehead atoms. The Bertz CT molecular complexity index is 1530. The van der Waals surface area contributed by atoms with Crippen molar-refractivity contribution in [2.24, 2.45) is 5.92 Å². The number of esters is 1. The first kappa shape index (κ1) is 32.7. The third-order valence-electron chi connectivity index (χ3n) is 6.72. The Labute approximate surface area is 261 Å². The van der Waals surface area contributed by atoms with Gasteiger partial charge in [0.05, 0.1) is 17.5 Å². The van der Waals surface area contributed by atoms with Crippen molar-refractivity contribution in [3.05, 3.63) is 99.3 Å². The van der Waals surface area contributed by atoms with Crippen molar-refractivity contribution in [3.63, 3.8) is 0 Å². The minimum absolute atomic E-state index is 0.0912. The second-order valence-electron chi connectivity index (χ2n) is 11.7. The largest absolute Gasteiger partial charge is 0.458 e. The number of amides is 1. The van der Waals surface area contributed by atoms with Crippen molar-refractivity contribution in [1.82, 2.24) is 10.2 Å². The van der Waals surface area contributed by atoms with Gasteiger partial charge in [-0.2, -0.15) is 0 Å². The van der Waals surface area contributed by atoms with Crippen LogP contribution in [0.5, 0.6) is 0 Å². The third kappa shape index (κ3) is 9.15. The van der Waals surface area contributed by atoms with E-state index < -0.39 is 39.4 Å². The summed E-state index contributed by atoms with van der Waals surface area (Å²) < 4.78 is 48.1. The van der Waals surface area contributed by atoms with E-state index in [1.54, 1.807) is 20.8 Å². The summed E-state index contributed by atoms with van der Waals surface area (Å²) >= 11 is 12.2. The van der Waals surface area contributed by atoms with E-state index in [4.69, 9.17) is 27.9 Å². The highest BCUT2D eigenvalue weighted by atomic mass is 35.5.